The molecule has 4 amide bonds. The van der Waals surface area contributed by atoms with Gasteiger partial charge in [-0.15, -0.1) is 0 Å². The molecule has 0 spiro atoms. The lowest BCUT2D eigenvalue weighted by molar-refractivity contribution is -0.127. The lowest BCUT2D eigenvalue weighted by Crippen LogP contribution is -2.42. The van der Waals surface area contributed by atoms with E-state index < -0.39 is 12.1 Å². The standard InChI is InChI=1S/C19H27N3O4/c1-13(2)16(12-23)20-17(24)9-8-15-18(25)22(19(26)21-15)11-10-14-6-4-3-5-7-14/h3-7,13,15-16,23H,8-12H2,1-2H3,(H,20,24)(H,21,26)/t15-,16+/m1/s1. The van der Waals surface area contributed by atoms with Crippen molar-refractivity contribution >= 4 is 17.8 Å². The van der Waals surface area contributed by atoms with Crippen molar-refractivity contribution in [3.8, 4) is 0 Å². The molecule has 7 nitrogen and oxygen atoms in total. The maximum Gasteiger partial charge on any atom is 0.324 e. The molecular weight excluding hydrogens is 334 g/mol. The van der Waals surface area contributed by atoms with Gasteiger partial charge in [0.15, 0.2) is 0 Å². The lowest BCUT2D eigenvalue weighted by atomic mass is 10.0. The minimum absolute atomic E-state index is 0.116. The summed E-state index contributed by atoms with van der Waals surface area (Å²) in [7, 11) is 0. The summed E-state index contributed by atoms with van der Waals surface area (Å²) < 4.78 is 0. The second-order valence-corrected chi connectivity index (χ2v) is 6.87. The van der Waals surface area contributed by atoms with Gasteiger partial charge in [-0.05, 0) is 24.3 Å². The molecule has 7 heteroatoms. The average Bonchev–Trinajstić information content (AvgIpc) is 2.90. The van der Waals surface area contributed by atoms with Gasteiger partial charge < -0.3 is 15.7 Å². The fourth-order valence-electron chi connectivity index (χ4n) is 2.85. The van der Waals surface area contributed by atoms with Crippen LogP contribution in [0.4, 0.5) is 4.79 Å². The number of urea groups is 1. The van der Waals surface area contributed by atoms with Crippen LogP contribution in [0.25, 0.3) is 0 Å². The van der Waals surface area contributed by atoms with Gasteiger partial charge in [0.25, 0.3) is 5.91 Å². The number of nitrogens with one attached hydrogen (secondary N) is 2. The Balaban J connectivity index is 1.81. The summed E-state index contributed by atoms with van der Waals surface area (Å²) in [6.07, 6.45) is 0.959. The molecule has 0 radical (unpaired) electrons. The number of carbonyl (C=O) groups is 3. The Morgan fingerprint density at radius 2 is 1.96 bits per heavy atom. The zero-order valence-corrected chi connectivity index (χ0v) is 15.3. The Bertz CT molecular complexity index is 633. The van der Waals surface area contributed by atoms with Gasteiger partial charge in [0.05, 0.1) is 12.6 Å². The number of aliphatic hydroxyl groups is 1. The first-order valence-corrected chi connectivity index (χ1v) is 8.98. The van der Waals surface area contributed by atoms with Crippen molar-refractivity contribution in [2.45, 2.75) is 45.2 Å². The van der Waals surface area contributed by atoms with Crippen molar-refractivity contribution in [3.05, 3.63) is 35.9 Å². The highest BCUT2D eigenvalue weighted by Gasteiger charge is 2.37. The summed E-state index contributed by atoms with van der Waals surface area (Å²) in [6, 6.07) is 8.26. The second kappa shape index (κ2) is 9.33. The first-order chi connectivity index (χ1) is 12.4. The fraction of sp³-hybridized carbons (Fsp3) is 0.526. The summed E-state index contributed by atoms with van der Waals surface area (Å²) in [4.78, 5) is 37.6. The maximum absolute atomic E-state index is 12.4. The molecule has 0 aliphatic carbocycles. The first kappa shape index (κ1) is 19.9. The molecule has 2 rings (SSSR count). The van der Waals surface area contributed by atoms with Crippen LogP contribution in [0, 0.1) is 5.92 Å². The molecule has 142 valence electrons. The molecule has 2 atom stereocenters. The minimum Gasteiger partial charge on any atom is -0.394 e. The molecule has 1 aromatic carbocycles. The molecule has 0 saturated carbocycles. The third kappa shape index (κ3) is 5.29. The van der Waals surface area contributed by atoms with E-state index in [0.717, 1.165) is 5.56 Å². The smallest absolute Gasteiger partial charge is 0.324 e. The van der Waals surface area contributed by atoms with Crippen molar-refractivity contribution in [1.29, 1.82) is 0 Å². The molecule has 0 aromatic heterocycles. The molecule has 26 heavy (non-hydrogen) atoms. The van der Waals surface area contributed by atoms with Gasteiger partial charge in [0, 0.05) is 13.0 Å². The molecule has 1 aliphatic rings. The third-order valence-electron chi connectivity index (χ3n) is 4.58. The molecular formula is C19H27N3O4. The zero-order valence-electron chi connectivity index (χ0n) is 15.3. The highest BCUT2D eigenvalue weighted by Crippen LogP contribution is 2.13. The van der Waals surface area contributed by atoms with Crippen LogP contribution in [0.5, 0.6) is 0 Å². The predicted molar refractivity (Wildman–Crippen MR) is 97.3 cm³/mol. The van der Waals surface area contributed by atoms with Gasteiger partial charge in [0.1, 0.15) is 6.04 Å². The van der Waals surface area contributed by atoms with Crippen LogP contribution in [-0.4, -0.2) is 53.1 Å². The fourth-order valence-corrected chi connectivity index (χ4v) is 2.85. The average molecular weight is 361 g/mol. The van der Waals surface area contributed by atoms with Crippen molar-refractivity contribution in [2.75, 3.05) is 13.2 Å². The van der Waals surface area contributed by atoms with Crippen LogP contribution in [0.1, 0.15) is 32.3 Å². The van der Waals surface area contributed by atoms with Gasteiger partial charge in [-0.25, -0.2) is 4.79 Å². The number of rotatable bonds is 9. The number of imide groups is 1. The van der Waals surface area contributed by atoms with E-state index in [1.54, 1.807) is 0 Å². The van der Waals surface area contributed by atoms with E-state index in [2.05, 4.69) is 10.6 Å². The van der Waals surface area contributed by atoms with Crippen LogP contribution in [0.15, 0.2) is 30.3 Å². The second-order valence-electron chi connectivity index (χ2n) is 6.87. The van der Waals surface area contributed by atoms with E-state index >= 15 is 0 Å². The number of amides is 4. The summed E-state index contributed by atoms with van der Waals surface area (Å²) >= 11 is 0. The first-order valence-electron chi connectivity index (χ1n) is 8.98. The Labute approximate surface area is 153 Å². The number of hydrogen-bond acceptors (Lipinski definition) is 4. The minimum atomic E-state index is -0.671. The van der Waals surface area contributed by atoms with Crippen molar-refractivity contribution < 1.29 is 19.5 Å². The normalized spacial score (nSPS) is 18.2. The number of nitrogens with zero attached hydrogens (tertiary/aromatic N) is 1. The van der Waals surface area contributed by atoms with Gasteiger partial charge in [0.2, 0.25) is 5.91 Å². The highest BCUT2D eigenvalue weighted by atomic mass is 16.3. The van der Waals surface area contributed by atoms with Crippen molar-refractivity contribution in [2.24, 2.45) is 5.92 Å². The van der Waals surface area contributed by atoms with Crippen LogP contribution >= 0.6 is 0 Å². The van der Waals surface area contributed by atoms with Gasteiger partial charge >= 0.3 is 6.03 Å². The maximum atomic E-state index is 12.4. The van der Waals surface area contributed by atoms with Crippen LogP contribution in [0.2, 0.25) is 0 Å². The molecule has 1 heterocycles. The summed E-state index contributed by atoms with van der Waals surface area (Å²) in [5, 5.41) is 14.6. The molecule has 1 saturated heterocycles. The van der Waals surface area contributed by atoms with Gasteiger partial charge in [-0.2, -0.15) is 0 Å². The van der Waals surface area contributed by atoms with E-state index in [0.29, 0.717) is 13.0 Å². The molecule has 3 N–H and O–H groups in total. The molecule has 0 bridgehead atoms. The lowest BCUT2D eigenvalue weighted by Gasteiger charge is -2.20. The van der Waals surface area contributed by atoms with E-state index in [1.165, 1.54) is 4.90 Å². The number of aliphatic hydroxyl groups excluding tert-OH is 1. The van der Waals surface area contributed by atoms with Crippen LogP contribution < -0.4 is 10.6 Å². The SMILES string of the molecule is CC(C)[C@H](CO)NC(=O)CC[C@H]1NC(=O)N(CCc2ccccc2)C1=O. The number of benzene rings is 1. The van der Waals surface area contributed by atoms with Crippen molar-refractivity contribution in [1.82, 2.24) is 15.5 Å². The Hall–Kier alpha value is -2.41. The number of hydrogen-bond donors (Lipinski definition) is 3. The van der Waals surface area contributed by atoms with E-state index in [1.807, 2.05) is 44.2 Å². The Morgan fingerprint density at radius 3 is 2.58 bits per heavy atom. The molecule has 1 fully saturated rings. The predicted octanol–water partition coefficient (Wildman–Crippen LogP) is 1.06. The third-order valence-corrected chi connectivity index (χ3v) is 4.58. The Morgan fingerprint density at radius 1 is 1.27 bits per heavy atom. The summed E-state index contributed by atoms with van der Waals surface area (Å²) in [6.45, 7) is 4.01. The van der Waals surface area contributed by atoms with Crippen molar-refractivity contribution in [3.63, 3.8) is 0 Å². The summed E-state index contributed by atoms with van der Waals surface area (Å²) in [5.41, 5.74) is 1.06. The zero-order chi connectivity index (χ0) is 19.1. The van der Waals surface area contributed by atoms with Gasteiger partial charge in [-0.3, -0.25) is 14.5 Å². The molecule has 1 aromatic rings. The van der Waals surface area contributed by atoms with E-state index in [-0.39, 0.29) is 43.2 Å². The quantitative estimate of drug-likeness (QED) is 0.573. The van der Waals surface area contributed by atoms with Gasteiger partial charge in [-0.1, -0.05) is 44.2 Å². The van der Waals surface area contributed by atoms with Crippen LogP contribution in [0.3, 0.4) is 0 Å². The van der Waals surface area contributed by atoms with E-state index in [4.69, 9.17) is 0 Å². The molecule has 1 aliphatic heterocycles. The Kier molecular flexibility index (Phi) is 7.15. The number of carbonyl (C=O) groups excluding carboxylic acids is 3. The highest BCUT2D eigenvalue weighted by molar-refractivity contribution is 6.04. The summed E-state index contributed by atoms with van der Waals surface area (Å²) in [5.74, 6) is -0.408. The van der Waals surface area contributed by atoms with Crippen LogP contribution in [-0.2, 0) is 16.0 Å². The largest absolute Gasteiger partial charge is 0.394 e. The van der Waals surface area contributed by atoms with E-state index in [9.17, 15) is 19.5 Å². The topological polar surface area (TPSA) is 98.7 Å². The monoisotopic (exact) mass is 361 g/mol. The molecule has 0 unspecified atom stereocenters.